The predicted octanol–water partition coefficient (Wildman–Crippen LogP) is 3.85. The minimum absolute atomic E-state index is 0.303. The Kier molecular flexibility index (Phi) is 4.39. The monoisotopic (exact) mass is 280 g/mol. The van der Waals surface area contributed by atoms with E-state index in [2.05, 4.69) is 0 Å². The number of rotatable bonds is 5. The number of thiophene rings is 1. The van der Waals surface area contributed by atoms with E-state index in [1.165, 1.54) is 0 Å². The fourth-order valence-corrected chi connectivity index (χ4v) is 2.96. The van der Waals surface area contributed by atoms with Gasteiger partial charge in [0.1, 0.15) is 5.75 Å². The molecule has 2 aromatic rings. The van der Waals surface area contributed by atoms with Crippen LogP contribution in [0, 0.1) is 0 Å². The molecular formula is C14H13ClO2S. The number of ether oxygens (including phenoxy) is 1. The van der Waals surface area contributed by atoms with Gasteiger partial charge in [0.15, 0.2) is 0 Å². The van der Waals surface area contributed by atoms with E-state index in [0.29, 0.717) is 6.42 Å². The highest BCUT2D eigenvalue weighted by Crippen LogP contribution is 2.30. The molecule has 94 valence electrons. The van der Waals surface area contributed by atoms with Crippen LogP contribution in [0.1, 0.15) is 16.4 Å². The van der Waals surface area contributed by atoms with Crippen LogP contribution in [0.15, 0.2) is 41.8 Å². The molecule has 1 unspecified atom stereocenters. The molecule has 1 aromatic heterocycles. The average molecular weight is 281 g/mol. The van der Waals surface area contributed by atoms with Crippen LogP contribution >= 0.6 is 22.9 Å². The van der Waals surface area contributed by atoms with Crippen LogP contribution in [0.3, 0.4) is 0 Å². The minimum atomic E-state index is -0.330. The fourth-order valence-electron chi connectivity index (χ4n) is 1.87. The molecule has 0 fully saturated rings. The molecule has 18 heavy (non-hydrogen) atoms. The van der Waals surface area contributed by atoms with Crippen LogP contribution in [0.25, 0.3) is 0 Å². The van der Waals surface area contributed by atoms with Gasteiger partial charge < -0.3 is 4.74 Å². The summed E-state index contributed by atoms with van der Waals surface area (Å²) < 4.78 is 5.29. The van der Waals surface area contributed by atoms with E-state index in [9.17, 15) is 4.79 Å². The van der Waals surface area contributed by atoms with E-state index < -0.39 is 0 Å². The Morgan fingerprint density at radius 1 is 1.33 bits per heavy atom. The van der Waals surface area contributed by atoms with Gasteiger partial charge in [-0.1, -0.05) is 24.3 Å². The summed E-state index contributed by atoms with van der Waals surface area (Å²) in [5, 5.41) is 1.62. The number of carbonyl (C=O) groups excluding carboxylic acids is 1. The highest BCUT2D eigenvalue weighted by molar-refractivity contribution is 7.10. The van der Waals surface area contributed by atoms with Crippen molar-refractivity contribution in [3.05, 3.63) is 52.2 Å². The molecule has 2 rings (SSSR count). The Bertz CT molecular complexity index is 522. The van der Waals surface area contributed by atoms with Gasteiger partial charge in [-0.05, 0) is 41.1 Å². The lowest BCUT2D eigenvalue weighted by atomic mass is 9.98. The quantitative estimate of drug-likeness (QED) is 0.778. The normalized spacial score (nSPS) is 12.1. The maximum absolute atomic E-state index is 11.6. The third kappa shape index (κ3) is 2.92. The maximum atomic E-state index is 11.6. The molecule has 0 bridgehead atoms. The van der Waals surface area contributed by atoms with E-state index >= 15 is 0 Å². The molecule has 0 saturated carbocycles. The van der Waals surface area contributed by atoms with Gasteiger partial charge in [-0.3, -0.25) is 4.79 Å². The van der Waals surface area contributed by atoms with Crippen LogP contribution in [0.2, 0.25) is 0 Å². The average Bonchev–Trinajstić information content (AvgIpc) is 2.89. The Morgan fingerprint density at radius 3 is 2.72 bits per heavy atom. The summed E-state index contributed by atoms with van der Waals surface area (Å²) in [6, 6.07) is 11.5. The van der Waals surface area contributed by atoms with Crippen molar-refractivity contribution in [3.63, 3.8) is 0 Å². The van der Waals surface area contributed by atoms with Crippen LogP contribution in [-0.4, -0.2) is 12.4 Å². The van der Waals surface area contributed by atoms with Crippen molar-refractivity contribution in [1.82, 2.24) is 0 Å². The molecule has 0 saturated heterocycles. The van der Waals surface area contributed by atoms with Gasteiger partial charge >= 0.3 is 0 Å². The summed E-state index contributed by atoms with van der Waals surface area (Å²) in [7, 11) is 1.63. The van der Waals surface area contributed by atoms with Crippen LogP contribution < -0.4 is 4.74 Å². The van der Waals surface area contributed by atoms with Crippen LogP contribution in [0.4, 0.5) is 0 Å². The first-order valence-electron chi connectivity index (χ1n) is 5.57. The van der Waals surface area contributed by atoms with E-state index in [-0.39, 0.29) is 11.2 Å². The van der Waals surface area contributed by atoms with Gasteiger partial charge in [0.2, 0.25) is 5.24 Å². The number of benzene rings is 1. The van der Waals surface area contributed by atoms with Crippen molar-refractivity contribution in [1.29, 1.82) is 0 Å². The number of methoxy groups -OCH3 is 1. The molecule has 1 aromatic carbocycles. The van der Waals surface area contributed by atoms with Gasteiger partial charge in [0.25, 0.3) is 0 Å². The summed E-state index contributed by atoms with van der Waals surface area (Å²) in [6.07, 6.45) is 0.562. The molecule has 4 heteroatoms. The van der Waals surface area contributed by atoms with E-state index in [4.69, 9.17) is 16.3 Å². The number of hydrogen-bond donors (Lipinski definition) is 0. The number of carbonyl (C=O) groups is 1. The summed E-state index contributed by atoms with van der Waals surface area (Å²) in [4.78, 5) is 12.6. The molecule has 0 radical (unpaired) electrons. The summed E-state index contributed by atoms with van der Waals surface area (Å²) in [6.45, 7) is 0. The van der Waals surface area contributed by atoms with Crippen molar-refractivity contribution >= 4 is 28.2 Å². The molecular weight excluding hydrogens is 268 g/mol. The highest BCUT2D eigenvalue weighted by Gasteiger charge is 2.21. The lowest BCUT2D eigenvalue weighted by Crippen LogP contribution is -2.09. The Labute approximate surface area is 115 Å². The topological polar surface area (TPSA) is 26.3 Å². The first-order valence-corrected chi connectivity index (χ1v) is 6.82. The third-order valence-electron chi connectivity index (χ3n) is 2.78. The second-order valence-corrected chi connectivity index (χ2v) is 5.24. The lowest BCUT2D eigenvalue weighted by molar-refractivity contribution is -0.112. The zero-order valence-electron chi connectivity index (χ0n) is 9.93. The molecule has 1 atom stereocenters. The first-order chi connectivity index (χ1) is 8.72. The largest absolute Gasteiger partial charge is 0.496 e. The Morgan fingerprint density at radius 2 is 2.11 bits per heavy atom. The SMILES string of the molecule is COc1ccccc1CC(C(=O)Cl)c1cccs1. The molecule has 0 aliphatic heterocycles. The lowest BCUT2D eigenvalue weighted by Gasteiger charge is -2.13. The van der Waals surface area contributed by atoms with Crippen LogP contribution in [-0.2, 0) is 11.2 Å². The predicted molar refractivity (Wildman–Crippen MR) is 74.6 cm³/mol. The second-order valence-electron chi connectivity index (χ2n) is 3.89. The summed E-state index contributed by atoms with van der Waals surface area (Å²) >= 11 is 7.25. The zero-order chi connectivity index (χ0) is 13.0. The Hall–Kier alpha value is -1.32. The van der Waals surface area contributed by atoms with Crippen LogP contribution in [0.5, 0.6) is 5.75 Å². The Balaban J connectivity index is 2.27. The maximum Gasteiger partial charge on any atom is 0.230 e. The van der Waals surface area contributed by atoms with Crippen molar-refractivity contribution < 1.29 is 9.53 Å². The van der Waals surface area contributed by atoms with Gasteiger partial charge in [-0.15, -0.1) is 11.3 Å². The summed E-state index contributed by atoms with van der Waals surface area (Å²) in [5.74, 6) is 0.486. The highest BCUT2D eigenvalue weighted by atomic mass is 35.5. The van der Waals surface area contributed by atoms with Crippen molar-refractivity contribution in [3.8, 4) is 5.75 Å². The smallest absolute Gasteiger partial charge is 0.230 e. The van der Waals surface area contributed by atoms with Gasteiger partial charge in [0.05, 0.1) is 13.0 Å². The third-order valence-corrected chi connectivity index (χ3v) is 4.03. The van der Waals surface area contributed by atoms with E-state index in [0.717, 1.165) is 16.2 Å². The number of hydrogen-bond acceptors (Lipinski definition) is 3. The zero-order valence-corrected chi connectivity index (χ0v) is 11.5. The summed E-state index contributed by atoms with van der Waals surface area (Å²) in [5.41, 5.74) is 0.993. The van der Waals surface area contributed by atoms with Crippen molar-refractivity contribution in [2.75, 3.05) is 7.11 Å². The molecule has 0 N–H and O–H groups in total. The molecule has 0 amide bonds. The van der Waals surface area contributed by atoms with Crippen molar-refractivity contribution in [2.45, 2.75) is 12.3 Å². The van der Waals surface area contributed by atoms with E-state index in [1.807, 2.05) is 41.8 Å². The molecule has 1 heterocycles. The van der Waals surface area contributed by atoms with Gasteiger partial charge in [-0.25, -0.2) is 0 Å². The van der Waals surface area contributed by atoms with Gasteiger partial charge in [-0.2, -0.15) is 0 Å². The van der Waals surface area contributed by atoms with Gasteiger partial charge in [0, 0.05) is 4.88 Å². The standard InChI is InChI=1S/C14H13ClO2S/c1-17-12-6-3-2-5-10(12)9-11(14(15)16)13-7-4-8-18-13/h2-8,11H,9H2,1H3. The van der Waals surface area contributed by atoms with E-state index in [1.54, 1.807) is 18.4 Å². The van der Waals surface area contributed by atoms with Crippen molar-refractivity contribution in [2.24, 2.45) is 0 Å². The first kappa shape index (κ1) is 13.1. The second kappa shape index (κ2) is 6.03. The molecule has 0 aliphatic rings. The fraction of sp³-hybridized carbons (Fsp3) is 0.214. The molecule has 2 nitrogen and oxygen atoms in total. The number of halogens is 1. The minimum Gasteiger partial charge on any atom is -0.496 e. The number of para-hydroxylation sites is 1. The molecule has 0 aliphatic carbocycles. The molecule has 0 spiro atoms.